The van der Waals surface area contributed by atoms with Crippen molar-refractivity contribution in [3.63, 3.8) is 0 Å². The summed E-state index contributed by atoms with van der Waals surface area (Å²) >= 11 is 0. The van der Waals surface area contributed by atoms with E-state index in [1.807, 2.05) is 0 Å². The number of nitrogen functional groups attached to an aromatic ring is 3. The zero-order valence-corrected chi connectivity index (χ0v) is 45.6. The van der Waals surface area contributed by atoms with Crippen molar-refractivity contribution in [2.45, 2.75) is 24.5 Å². The number of phenolic OH excluding ortho intramolecular Hbond substituents is 1. The third kappa shape index (κ3) is 15.6. The van der Waals surface area contributed by atoms with Crippen molar-refractivity contribution in [3.05, 3.63) is 139 Å². The van der Waals surface area contributed by atoms with Crippen LogP contribution < -0.4 is 21.9 Å². The summed E-state index contributed by atoms with van der Waals surface area (Å²) in [6, 6.07) is 27.1. The van der Waals surface area contributed by atoms with Gasteiger partial charge in [-0.05, 0) is 133 Å². The molecule has 7 aromatic rings. The summed E-state index contributed by atoms with van der Waals surface area (Å²) in [7, 11) is -25.2. The molecule has 0 amide bonds. The van der Waals surface area contributed by atoms with Gasteiger partial charge in [-0.25, -0.2) is 29.4 Å². The molecule has 7 aromatic carbocycles. The van der Waals surface area contributed by atoms with E-state index in [1.54, 1.807) is 12.1 Å². The van der Waals surface area contributed by atoms with E-state index >= 15 is 0 Å². The monoisotopic (exact) mass is 1210 g/mol. The lowest BCUT2D eigenvalue weighted by Gasteiger charge is -2.14. The summed E-state index contributed by atoms with van der Waals surface area (Å²) in [6.07, 6.45) is 0. The van der Waals surface area contributed by atoms with Crippen LogP contribution in [0.15, 0.2) is 205 Å². The van der Waals surface area contributed by atoms with Crippen LogP contribution in [-0.2, 0) is 64.5 Å². The van der Waals surface area contributed by atoms with Gasteiger partial charge in [-0.3, -0.25) is 18.4 Å². The van der Waals surface area contributed by atoms with Crippen molar-refractivity contribution in [1.82, 2.24) is 0 Å². The molecular formula is C45H42N12O17S6. The van der Waals surface area contributed by atoms with E-state index in [0.717, 1.165) is 17.5 Å². The number of nitrogens with zero attached hydrogens (tertiary/aromatic N) is 8. The summed E-state index contributed by atoms with van der Waals surface area (Å²) in [4.78, 5) is -2.39. The second-order valence-electron chi connectivity index (χ2n) is 15.9. The van der Waals surface area contributed by atoms with Crippen molar-refractivity contribution in [3.8, 4) is 5.75 Å². The van der Waals surface area contributed by atoms with Gasteiger partial charge in [-0.2, -0.15) is 50.8 Å². The molecule has 0 atom stereocenters. The number of hydrogen-bond acceptors (Lipinski definition) is 25. The fraction of sp³-hybridized carbons (Fsp3) is 0.0667. The van der Waals surface area contributed by atoms with Crippen LogP contribution in [0.1, 0.15) is 0 Å². The third-order valence-electron chi connectivity index (χ3n) is 10.4. The van der Waals surface area contributed by atoms with Crippen LogP contribution in [0, 0.1) is 0 Å². The molecule has 0 spiro atoms. The molecule has 0 aliphatic rings. The minimum atomic E-state index is -5.23. The van der Waals surface area contributed by atoms with E-state index in [-0.39, 0.29) is 31.7 Å². The average Bonchev–Trinajstić information content (AvgIpc) is 3.42. The van der Waals surface area contributed by atoms with E-state index in [9.17, 15) is 64.7 Å². The Hall–Kier alpha value is -8.52. The van der Waals surface area contributed by atoms with Crippen molar-refractivity contribution in [2.75, 3.05) is 41.3 Å². The van der Waals surface area contributed by atoms with E-state index in [2.05, 4.69) is 56.4 Å². The summed E-state index contributed by atoms with van der Waals surface area (Å²) in [5.74, 6) is -1.60. The second-order valence-corrected chi connectivity index (χ2v) is 25.4. The van der Waals surface area contributed by atoms with Crippen molar-refractivity contribution in [2.24, 2.45) is 40.9 Å². The van der Waals surface area contributed by atoms with Crippen molar-refractivity contribution < 1.29 is 73.5 Å². The number of nitrogens with two attached hydrogens (primary N) is 3. The minimum Gasteiger partial charge on any atom is -0.505 e. The second kappa shape index (κ2) is 24.2. The van der Waals surface area contributed by atoms with Gasteiger partial charge in [0, 0.05) is 23.8 Å². The first-order chi connectivity index (χ1) is 37.3. The minimum absolute atomic E-state index is 0.00138. The molecule has 11 N–H and O–H groups in total. The lowest BCUT2D eigenvalue weighted by molar-refractivity contribution is 0.284. The van der Waals surface area contributed by atoms with Gasteiger partial charge in [0.15, 0.2) is 25.4 Å². The molecule has 0 heterocycles. The van der Waals surface area contributed by atoms with E-state index < -0.39 is 116 Å². The number of nitrogens with one attached hydrogen (secondary N) is 1. The van der Waals surface area contributed by atoms with Crippen LogP contribution >= 0.6 is 0 Å². The molecular weight excluding hydrogens is 1170 g/mol. The molecule has 0 aliphatic heterocycles. The number of fused-ring (bicyclic) bond motifs is 1. The maximum atomic E-state index is 13.1. The highest BCUT2D eigenvalue weighted by Gasteiger charge is 2.28. The van der Waals surface area contributed by atoms with Crippen molar-refractivity contribution in [1.29, 1.82) is 0 Å². The predicted octanol–water partition coefficient (Wildman–Crippen LogP) is 8.74. The Morgan fingerprint density at radius 2 is 1.02 bits per heavy atom. The van der Waals surface area contributed by atoms with Crippen molar-refractivity contribution >= 4 is 134 Å². The number of aromatic hydroxyl groups is 1. The Labute approximate surface area is 456 Å². The first-order valence-corrected chi connectivity index (χ1v) is 30.7. The average molecular weight is 1220 g/mol. The third-order valence-corrected chi connectivity index (χ3v) is 17.0. The normalized spacial score (nSPS) is 12.8. The molecule has 0 fully saturated rings. The van der Waals surface area contributed by atoms with Gasteiger partial charge in [0.25, 0.3) is 30.3 Å². The van der Waals surface area contributed by atoms with Crippen LogP contribution in [-0.4, -0.2) is 88.7 Å². The van der Waals surface area contributed by atoms with Gasteiger partial charge in [-0.15, -0.1) is 15.3 Å². The highest BCUT2D eigenvalue weighted by Crippen LogP contribution is 2.48. The fourth-order valence-corrected chi connectivity index (χ4v) is 11.2. The molecule has 0 radical (unpaired) electrons. The molecule has 80 heavy (non-hydrogen) atoms. The maximum Gasteiger partial charge on any atom is 0.397 e. The molecule has 0 saturated carbocycles. The van der Waals surface area contributed by atoms with Gasteiger partial charge >= 0.3 is 10.4 Å². The highest BCUT2D eigenvalue weighted by atomic mass is 32.3. The number of anilines is 4. The lowest BCUT2D eigenvalue weighted by atomic mass is 10.1. The van der Waals surface area contributed by atoms with E-state index in [4.69, 9.17) is 21.8 Å². The Morgan fingerprint density at radius 3 is 1.51 bits per heavy atom. The van der Waals surface area contributed by atoms with Crippen LogP contribution in [0.5, 0.6) is 5.75 Å². The summed E-state index contributed by atoms with van der Waals surface area (Å²) < 4.78 is 179. The molecule has 0 bridgehead atoms. The quantitative estimate of drug-likeness (QED) is 0.0213. The van der Waals surface area contributed by atoms with E-state index in [0.29, 0.717) is 40.6 Å². The molecule has 0 unspecified atom stereocenters. The lowest BCUT2D eigenvalue weighted by Crippen LogP contribution is -2.15. The first-order valence-electron chi connectivity index (χ1n) is 21.7. The number of benzene rings is 7. The summed E-state index contributed by atoms with van der Waals surface area (Å²) in [5.41, 5.74) is 17.7. The van der Waals surface area contributed by atoms with Crippen LogP contribution in [0.2, 0.25) is 0 Å². The van der Waals surface area contributed by atoms with Crippen LogP contribution in [0.3, 0.4) is 0 Å². The van der Waals surface area contributed by atoms with Gasteiger partial charge in [0.05, 0.1) is 66.6 Å². The molecule has 0 saturated heterocycles. The van der Waals surface area contributed by atoms with Gasteiger partial charge in [-0.1, -0.05) is 6.58 Å². The number of azo groups is 4. The number of sulfone groups is 2. The fourth-order valence-electron chi connectivity index (χ4n) is 6.60. The van der Waals surface area contributed by atoms with Crippen LogP contribution in [0.25, 0.3) is 10.8 Å². The Balaban J connectivity index is 0.000000460. The van der Waals surface area contributed by atoms with Gasteiger partial charge in [0.1, 0.15) is 26.9 Å². The molecule has 29 nitrogen and oxygen atoms in total. The zero-order chi connectivity index (χ0) is 59.0. The number of hydrogen-bond donors (Lipinski definition) is 8. The standard InChI is InChI=1S/C36H30N10O11S4.C9H12N2O6S2/c1-2-58(48,49)26-12-8-23(9-13-26)41-44-34-30(60(52,53)54)17-20-18-31(61(55,56)57)35(36(47)32(20)33(34)39)45-42-24-10-14-27(15-11-24)59(50,51)46-25-6-4-22(5-7-25)40-43-29-16-3-21(37)19-28(29)38;1-10-11-8-2-4-9(5-3-8)18(12,13)7-6-17-19(14,15)16/h2-19,46-47H,1,37-39H2,(H,52,53,54)(H,55,56,57);2-5H,6-7H2,1H3,(H,14,15,16). The molecule has 420 valence electrons. The highest BCUT2D eigenvalue weighted by molar-refractivity contribution is 7.94. The topological polar surface area (TPSA) is 484 Å². The van der Waals surface area contributed by atoms with E-state index in [1.165, 1.54) is 98.0 Å². The first kappa shape index (κ1) is 60.7. The zero-order valence-electron chi connectivity index (χ0n) is 40.7. The Kier molecular flexibility index (Phi) is 18.4. The molecule has 0 aromatic heterocycles. The molecule has 35 heteroatoms. The smallest absolute Gasteiger partial charge is 0.397 e. The number of sulfonamides is 1. The van der Waals surface area contributed by atoms with Gasteiger partial charge < -0.3 is 22.3 Å². The van der Waals surface area contributed by atoms with Crippen LogP contribution in [0.4, 0.5) is 62.6 Å². The maximum absolute atomic E-state index is 13.1. The molecule has 0 aliphatic carbocycles. The summed E-state index contributed by atoms with van der Waals surface area (Å²) in [5, 5.41) is 41.9. The predicted molar refractivity (Wildman–Crippen MR) is 291 cm³/mol. The SMILES string of the molecule is C=CS(=O)(=O)c1ccc(N=Nc2c(S(=O)(=O)O)cc3cc(S(=O)(=O)O)c(N=Nc4ccc(S(=O)(=O)Nc5ccc(N=Nc6ccc(N)cc6N)cc5)cc4)c(O)c3c2N)cc1.CN=Nc1ccc(S(=O)(=O)CCOS(=O)(=O)O)cc1. The summed E-state index contributed by atoms with van der Waals surface area (Å²) in [6.45, 7) is 2.58. The number of phenols is 1. The molecule has 7 rings (SSSR count). The largest absolute Gasteiger partial charge is 0.505 e. The Bertz CT molecular complexity index is 4360. The Morgan fingerprint density at radius 1 is 0.562 bits per heavy atom. The number of rotatable bonds is 19. The van der Waals surface area contributed by atoms with Gasteiger partial charge in [0.2, 0.25) is 0 Å².